The second-order valence-electron chi connectivity index (χ2n) is 6.65. The molecule has 2 aromatic rings. The summed E-state index contributed by atoms with van der Waals surface area (Å²) in [5.74, 6) is -0.671. The lowest BCUT2D eigenvalue weighted by Crippen LogP contribution is -2.34. The van der Waals surface area contributed by atoms with E-state index in [2.05, 4.69) is 10.0 Å². The standard InChI is InChI=1S/C19H24FN3O3S/c1-13-8-9-15(11-17(13)22-27(4,25)26)19(24)21-12-18(23(2)3)14-6-5-7-16(20)10-14/h5-11,18,22H,12H2,1-4H3,(H,21,24)/t18-/m1/s1. The summed E-state index contributed by atoms with van der Waals surface area (Å²) < 4.78 is 38.8. The summed E-state index contributed by atoms with van der Waals surface area (Å²) in [5.41, 5.74) is 2.16. The normalized spacial score (nSPS) is 12.7. The Morgan fingerprint density at radius 3 is 2.48 bits per heavy atom. The van der Waals surface area contributed by atoms with Crippen LogP contribution in [0.15, 0.2) is 42.5 Å². The molecule has 1 atom stereocenters. The van der Waals surface area contributed by atoms with E-state index in [0.717, 1.165) is 11.8 Å². The first-order valence-corrected chi connectivity index (χ1v) is 10.2. The van der Waals surface area contributed by atoms with E-state index in [1.54, 1.807) is 31.2 Å². The van der Waals surface area contributed by atoms with Gasteiger partial charge in [0.25, 0.3) is 5.91 Å². The van der Waals surface area contributed by atoms with Crippen molar-refractivity contribution in [1.29, 1.82) is 0 Å². The maximum Gasteiger partial charge on any atom is 0.251 e. The highest BCUT2D eigenvalue weighted by Crippen LogP contribution is 2.20. The maximum atomic E-state index is 13.5. The van der Waals surface area contributed by atoms with Crippen LogP contribution in [0.25, 0.3) is 0 Å². The fraction of sp³-hybridized carbons (Fsp3) is 0.316. The summed E-state index contributed by atoms with van der Waals surface area (Å²) in [6.45, 7) is 2.03. The number of sulfonamides is 1. The van der Waals surface area contributed by atoms with E-state index in [1.807, 2.05) is 19.0 Å². The van der Waals surface area contributed by atoms with Crippen molar-refractivity contribution in [3.8, 4) is 0 Å². The van der Waals surface area contributed by atoms with Gasteiger partial charge in [0.05, 0.1) is 18.0 Å². The molecule has 0 bridgehead atoms. The average Bonchev–Trinajstić information content (AvgIpc) is 2.55. The number of hydrogen-bond acceptors (Lipinski definition) is 4. The molecule has 0 saturated heterocycles. The molecule has 8 heteroatoms. The van der Waals surface area contributed by atoms with Crippen LogP contribution in [0, 0.1) is 12.7 Å². The Morgan fingerprint density at radius 2 is 1.89 bits per heavy atom. The lowest BCUT2D eigenvalue weighted by molar-refractivity contribution is 0.0942. The first kappa shape index (κ1) is 20.9. The molecule has 0 fully saturated rings. The molecule has 0 radical (unpaired) electrons. The third-order valence-corrected chi connectivity index (χ3v) is 4.70. The van der Waals surface area contributed by atoms with Crippen LogP contribution in [0.3, 0.4) is 0 Å². The number of halogens is 1. The Morgan fingerprint density at radius 1 is 1.19 bits per heavy atom. The van der Waals surface area contributed by atoms with Crippen LogP contribution < -0.4 is 10.0 Å². The molecule has 27 heavy (non-hydrogen) atoms. The van der Waals surface area contributed by atoms with Gasteiger partial charge in [-0.2, -0.15) is 0 Å². The fourth-order valence-electron chi connectivity index (χ4n) is 2.68. The van der Waals surface area contributed by atoms with Crippen molar-refractivity contribution in [2.45, 2.75) is 13.0 Å². The van der Waals surface area contributed by atoms with Crippen molar-refractivity contribution in [3.05, 3.63) is 65.0 Å². The SMILES string of the molecule is Cc1ccc(C(=O)NC[C@H](c2cccc(F)c2)N(C)C)cc1NS(C)(=O)=O. The van der Waals surface area contributed by atoms with E-state index in [9.17, 15) is 17.6 Å². The number of anilines is 1. The Bertz CT molecular complexity index is 930. The van der Waals surface area contributed by atoms with Crippen LogP contribution in [-0.2, 0) is 10.0 Å². The molecule has 146 valence electrons. The fourth-order valence-corrected chi connectivity index (χ4v) is 3.30. The number of hydrogen-bond donors (Lipinski definition) is 2. The summed E-state index contributed by atoms with van der Waals surface area (Å²) in [5, 5.41) is 2.83. The zero-order valence-electron chi connectivity index (χ0n) is 15.8. The van der Waals surface area contributed by atoms with Gasteiger partial charge in [0.1, 0.15) is 5.82 Å². The van der Waals surface area contributed by atoms with Crippen molar-refractivity contribution >= 4 is 21.6 Å². The molecule has 2 aromatic carbocycles. The van der Waals surface area contributed by atoms with Crippen molar-refractivity contribution in [2.75, 3.05) is 31.6 Å². The predicted octanol–water partition coefficient (Wildman–Crippen LogP) is 2.54. The van der Waals surface area contributed by atoms with E-state index in [1.165, 1.54) is 18.2 Å². The van der Waals surface area contributed by atoms with Gasteiger partial charge in [-0.25, -0.2) is 12.8 Å². The predicted molar refractivity (Wildman–Crippen MR) is 105 cm³/mol. The van der Waals surface area contributed by atoms with Crippen LogP contribution in [0.2, 0.25) is 0 Å². The molecular formula is C19H24FN3O3S. The minimum absolute atomic E-state index is 0.205. The van der Waals surface area contributed by atoms with E-state index in [-0.39, 0.29) is 24.3 Å². The molecule has 0 saturated carbocycles. The third-order valence-electron chi connectivity index (χ3n) is 4.11. The van der Waals surface area contributed by atoms with Gasteiger partial charge in [0.15, 0.2) is 0 Å². The largest absolute Gasteiger partial charge is 0.350 e. The number of aryl methyl sites for hydroxylation is 1. The highest BCUT2D eigenvalue weighted by molar-refractivity contribution is 7.92. The number of benzene rings is 2. The molecule has 0 aliphatic carbocycles. The molecule has 1 amide bonds. The number of carbonyl (C=O) groups excluding carboxylic acids is 1. The molecule has 2 rings (SSSR count). The van der Waals surface area contributed by atoms with Gasteiger partial charge in [-0.3, -0.25) is 9.52 Å². The Hall–Kier alpha value is -2.45. The maximum absolute atomic E-state index is 13.5. The minimum atomic E-state index is -3.44. The number of rotatable bonds is 7. The van der Waals surface area contributed by atoms with Gasteiger partial charge >= 0.3 is 0 Å². The molecule has 0 aliphatic heterocycles. The third kappa shape index (κ3) is 6.04. The van der Waals surface area contributed by atoms with Crippen LogP contribution >= 0.6 is 0 Å². The van der Waals surface area contributed by atoms with E-state index in [4.69, 9.17) is 0 Å². The van der Waals surface area contributed by atoms with Gasteiger partial charge in [-0.15, -0.1) is 0 Å². The highest BCUT2D eigenvalue weighted by atomic mass is 32.2. The van der Waals surface area contributed by atoms with Gasteiger partial charge < -0.3 is 10.2 Å². The molecule has 2 N–H and O–H groups in total. The Kier molecular flexibility index (Phi) is 6.56. The second kappa shape index (κ2) is 8.49. The van der Waals surface area contributed by atoms with E-state index < -0.39 is 10.0 Å². The van der Waals surface area contributed by atoms with E-state index in [0.29, 0.717) is 16.8 Å². The summed E-state index contributed by atoms with van der Waals surface area (Å²) in [4.78, 5) is 14.4. The topological polar surface area (TPSA) is 78.5 Å². The quantitative estimate of drug-likeness (QED) is 0.758. The molecular weight excluding hydrogens is 369 g/mol. The Labute approximate surface area is 159 Å². The van der Waals surface area contributed by atoms with E-state index >= 15 is 0 Å². The second-order valence-corrected chi connectivity index (χ2v) is 8.40. The molecule has 0 aliphatic rings. The van der Waals surface area contributed by atoms with Gasteiger partial charge in [0.2, 0.25) is 10.0 Å². The van der Waals surface area contributed by atoms with Crippen LogP contribution in [0.1, 0.15) is 27.5 Å². The Balaban J connectivity index is 2.15. The molecule has 0 unspecified atom stereocenters. The number of nitrogens with zero attached hydrogens (tertiary/aromatic N) is 1. The first-order chi connectivity index (χ1) is 12.6. The first-order valence-electron chi connectivity index (χ1n) is 8.35. The van der Waals surface area contributed by atoms with Gasteiger partial charge in [-0.05, 0) is 56.4 Å². The number of carbonyl (C=O) groups is 1. The zero-order valence-corrected chi connectivity index (χ0v) is 16.6. The lowest BCUT2D eigenvalue weighted by Gasteiger charge is -2.25. The molecule has 0 heterocycles. The molecule has 0 aromatic heterocycles. The van der Waals surface area contributed by atoms with Crippen LogP contribution in [-0.4, -0.2) is 46.1 Å². The lowest BCUT2D eigenvalue weighted by atomic mass is 10.1. The van der Waals surface area contributed by atoms with Crippen molar-refractivity contribution < 1.29 is 17.6 Å². The number of likely N-dealkylation sites (N-methyl/N-ethyl adjacent to an activating group) is 1. The number of amides is 1. The minimum Gasteiger partial charge on any atom is -0.350 e. The number of nitrogens with one attached hydrogen (secondary N) is 2. The van der Waals surface area contributed by atoms with Crippen LogP contribution in [0.4, 0.5) is 10.1 Å². The van der Waals surface area contributed by atoms with Gasteiger partial charge in [-0.1, -0.05) is 18.2 Å². The summed E-state index contributed by atoms with van der Waals surface area (Å²) in [6, 6.07) is 10.9. The molecule has 6 nitrogen and oxygen atoms in total. The van der Waals surface area contributed by atoms with Crippen molar-refractivity contribution in [1.82, 2.24) is 10.2 Å². The monoisotopic (exact) mass is 393 g/mol. The summed E-state index contributed by atoms with van der Waals surface area (Å²) >= 11 is 0. The van der Waals surface area contributed by atoms with Crippen molar-refractivity contribution in [2.24, 2.45) is 0 Å². The van der Waals surface area contributed by atoms with Crippen molar-refractivity contribution in [3.63, 3.8) is 0 Å². The van der Waals surface area contributed by atoms with Crippen LogP contribution in [0.5, 0.6) is 0 Å². The average molecular weight is 393 g/mol. The summed E-state index contributed by atoms with van der Waals surface area (Å²) in [6.07, 6.45) is 1.06. The highest BCUT2D eigenvalue weighted by Gasteiger charge is 2.17. The smallest absolute Gasteiger partial charge is 0.251 e. The zero-order chi connectivity index (χ0) is 20.2. The molecule has 0 spiro atoms. The van der Waals surface area contributed by atoms with Gasteiger partial charge in [0, 0.05) is 12.1 Å². The summed E-state index contributed by atoms with van der Waals surface area (Å²) in [7, 11) is 0.255.